The van der Waals surface area contributed by atoms with Crippen LogP contribution in [0, 0.1) is 0 Å². The Bertz CT molecular complexity index is 599. The standard InChI is InChI=1S/C11H11N5O2/c12-9(3-8-4-13-6-14-8)11-15-10(16-18-11)7-1-2-17-5-7/h1-2,4-6,9H,3,12H2,(H,13,14). The first-order chi connectivity index (χ1) is 8.83. The molecule has 3 N–H and O–H groups in total. The van der Waals surface area contributed by atoms with Gasteiger partial charge in [-0.05, 0) is 6.07 Å². The highest BCUT2D eigenvalue weighted by molar-refractivity contribution is 5.51. The molecule has 0 spiro atoms. The van der Waals surface area contributed by atoms with Gasteiger partial charge in [-0.1, -0.05) is 5.16 Å². The molecule has 3 aromatic heterocycles. The Morgan fingerprint density at radius 1 is 1.44 bits per heavy atom. The van der Waals surface area contributed by atoms with Crippen LogP contribution < -0.4 is 5.73 Å². The summed E-state index contributed by atoms with van der Waals surface area (Å²) >= 11 is 0. The van der Waals surface area contributed by atoms with E-state index in [1.165, 1.54) is 0 Å². The van der Waals surface area contributed by atoms with Crippen molar-refractivity contribution in [2.75, 3.05) is 0 Å². The van der Waals surface area contributed by atoms with Crippen molar-refractivity contribution in [3.05, 3.63) is 42.7 Å². The maximum atomic E-state index is 5.99. The van der Waals surface area contributed by atoms with Gasteiger partial charge in [0.15, 0.2) is 0 Å². The van der Waals surface area contributed by atoms with Crippen LogP contribution >= 0.6 is 0 Å². The second kappa shape index (κ2) is 4.46. The molecule has 18 heavy (non-hydrogen) atoms. The molecule has 1 unspecified atom stereocenters. The van der Waals surface area contributed by atoms with Gasteiger partial charge in [0, 0.05) is 18.3 Å². The van der Waals surface area contributed by atoms with Crippen LogP contribution in [0.4, 0.5) is 0 Å². The minimum Gasteiger partial charge on any atom is -0.472 e. The number of hydrogen-bond acceptors (Lipinski definition) is 6. The van der Waals surface area contributed by atoms with Crippen LogP contribution in [-0.2, 0) is 6.42 Å². The van der Waals surface area contributed by atoms with E-state index in [4.69, 9.17) is 14.7 Å². The largest absolute Gasteiger partial charge is 0.472 e. The average molecular weight is 245 g/mol. The summed E-state index contributed by atoms with van der Waals surface area (Å²) < 4.78 is 10.1. The zero-order chi connectivity index (χ0) is 12.4. The first-order valence-corrected chi connectivity index (χ1v) is 5.42. The summed E-state index contributed by atoms with van der Waals surface area (Å²) in [5, 5.41) is 3.86. The summed E-state index contributed by atoms with van der Waals surface area (Å²) in [5.41, 5.74) is 7.67. The Morgan fingerprint density at radius 3 is 3.11 bits per heavy atom. The fraction of sp³-hybridized carbons (Fsp3) is 0.182. The van der Waals surface area contributed by atoms with Gasteiger partial charge in [0.2, 0.25) is 11.7 Å². The molecule has 0 aliphatic heterocycles. The minimum absolute atomic E-state index is 0.362. The summed E-state index contributed by atoms with van der Waals surface area (Å²) in [7, 11) is 0. The van der Waals surface area contributed by atoms with E-state index in [1.54, 1.807) is 31.1 Å². The van der Waals surface area contributed by atoms with Crippen LogP contribution in [0.1, 0.15) is 17.6 Å². The predicted octanol–water partition coefficient (Wildman–Crippen LogP) is 1.30. The number of imidazole rings is 1. The molecule has 92 valence electrons. The van der Waals surface area contributed by atoms with Gasteiger partial charge < -0.3 is 19.7 Å². The summed E-state index contributed by atoms with van der Waals surface area (Å²) in [4.78, 5) is 11.1. The van der Waals surface area contributed by atoms with Crippen LogP contribution in [-0.4, -0.2) is 20.1 Å². The smallest absolute Gasteiger partial charge is 0.244 e. The summed E-state index contributed by atoms with van der Waals surface area (Å²) in [6.07, 6.45) is 6.98. The number of rotatable bonds is 4. The maximum absolute atomic E-state index is 5.99. The van der Waals surface area contributed by atoms with E-state index in [0.29, 0.717) is 18.1 Å². The van der Waals surface area contributed by atoms with Gasteiger partial charge >= 0.3 is 0 Å². The Morgan fingerprint density at radius 2 is 2.39 bits per heavy atom. The Kier molecular flexibility index (Phi) is 2.66. The van der Waals surface area contributed by atoms with Crippen LogP contribution in [0.25, 0.3) is 11.4 Å². The number of furan rings is 1. The molecule has 3 aromatic rings. The Hall–Kier alpha value is -2.41. The van der Waals surface area contributed by atoms with Crippen molar-refractivity contribution in [3.63, 3.8) is 0 Å². The molecule has 0 amide bonds. The number of nitrogens with one attached hydrogen (secondary N) is 1. The minimum atomic E-state index is -0.362. The molecule has 0 bridgehead atoms. The van der Waals surface area contributed by atoms with Crippen LogP contribution in [0.15, 0.2) is 40.1 Å². The monoisotopic (exact) mass is 245 g/mol. The third-order valence-electron chi connectivity index (χ3n) is 2.53. The third-order valence-corrected chi connectivity index (χ3v) is 2.53. The molecule has 0 saturated heterocycles. The lowest BCUT2D eigenvalue weighted by molar-refractivity contribution is 0.354. The van der Waals surface area contributed by atoms with Gasteiger partial charge in [0.25, 0.3) is 0 Å². The molecule has 7 nitrogen and oxygen atoms in total. The van der Waals surface area contributed by atoms with E-state index in [2.05, 4.69) is 20.1 Å². The fourth-order valence-corrected chi connectivity index (χ4v) is 1.62. The van der Waals surface area contributed by atoms with Crippen molar-refractivity contribution in [1.29, 1.82) is 0 Å². The molecule has 0 radical (unpaired) electrons. The number of aromatic amines is 1. The predicted molar refractivity (Wildman–Crippen MR) is 61.2 cm³/mol. The van der Waals surface area contributed by atoms with E-state index >= 15 is 0 Å². The molecule has 0 aromatic carbocycles. The maximum Gasteiger partial charge on any atom is 0.244 e. The first kappa shape index (κ1) is 10.7. The number of hydrogen-bond donors (Lipinski definition) is 2. The molecule has 1 atom stereocenters. The fourth-order valence-electron chi connectivity index (χ4n) is 1.62. The van der Waals surface area contributed by atoms with E-state index in [-0.39, 0.29) is 6.04 Å². The van der Waals surface area contributed by atoms with Gasteiger partial charge in [0.05, 0.1) is 24.2 Å². The van der Waals surface area contributed by atoms with E-state index in [1.807, 2.05) is 0 Å². The van der Waals surface area contributed by atoms with Crippen LogP contribution in [0.5, 0.6) is 0 Å². The first-order valence-electron chi connectivity index (χ1n) is 5.42. The van der Waals surface area contributed by atoms with Crippen LogP contribution in [0.3, 0.4) is 0 Å². The SMILES string of the molecule is NC(Cc1cnc[nH]1)c1nc(-c2ccoc2)no1. The van der Waals surface area contributed by atoms with Crippen molar-refractivity contribution in [2.24, 2.45) is 5.73 Å². The summed E-state index contributed by atoms with van der Waals surface area (Å²) in [5.74, 6) is 0.861. The molecule has 3 rings (SSSR count). The molecule has 3 heterocycles. The van der Waals surface area contributed by atoms with Gasteiger partial charge in [-0.3, -0.25) is 0 Å². The van der Waals surface area contributed by atoms with Crippen molar-refractivity contribution in [3.8, 4) is 11.4 Å². The molecule has 0 saturated carbocycles. The molecule has 0 aliphatic carbocycles. The van der Waals surface area contributed by atoms with Gasteiger partial charge in [-0.25, -0.2) is 4.98 Å². The lowest BCUT2D eigenvalue weighted by Crippen LogP contribution is -2.13. The van der Waals surface area contributed by atoms with E-state index < -0.39 is 0 Å². The van der Waals surface area contributed by atoms with Gasteiger partial charge in [0.1, 0.15) is 6.26 Å². The van der Waals surface area contributed by atoms with Crippen molar-refractivity contribution < 1.29 is 8.94 Å². The number of nitrogens with zero attached hydrogens (tertiary/aromatic N) is 3. The number of aromatic nitrogens is 4. The third kappa shape index (κ3) is 2.03. The van der Waals surface area contributed by atoms with E-state index in [9.17, 15) is 0 Å². The summed E-state index contributed by atoms with van der Waals surface area (Å²) in [6.45, 7) is 0. The quantitative estimate of drug-likeness (QED) is 0.717. The highest BCUT2D eigenvalue weighted by atomic mass is 16.5. The Balaban J connectivity index is 1.77. The second-order valence-corrected chi connectivity index (χ2v) is 3.86. The highest BCUT2D eigenvalue weighted by Crippen LogP contribution is 2.19. The lowest BCUT2D eigenvalue weighted by Gasteiger charge is -2.03. The molecular formula is C11H11N5O2. The number of nitrogens with two attached hydrogens (primary N) is 1. The zero-order valence-electron chi connectivity index (χ0n) is 9.41. The topological polar surface area (TPSA) is 107 Å². The van der Waals surface area contributed by atoms with Crippen molar-refractivity contribution >= 4 is 0 Å². The molecule has 0 aliphatic rings. The Labute approximate surface area is 102 Å². The highest BCUT2D eigenvalue weighted by Gasteiger charge is 2.17. The zero-order valence-corrected chi connectivity index (χ0v) is 9.41. The second-order valence-electron chi connectivity index (χ2n) is 3.86. The van der Waals surface area contributed by atoms with Gasteiger partial charge in [-0.2, -0.15) is 4.98 Å². The van der Waals surface area contributed by atoms with Crippen molar-refractivity contribution in [1.82, 2.24) is 20.1 Å². The number of H-pyrrole nitrogens is 1. The van der Waals surface area contributed by atoms with E-state index in [0.717, 1.165) is 11.3 Å². The molecule has 7 heteroatoms. The molecule has 0 fully saturated rings. The summed E-state index contributed by atoms with van der Waals surface area (Å²) in [6, 6.07) is 1.40. The van der Waals surface area contributed by atoms with Crippen LogP contribution in [0.2, 0.25) is 0 Å². The normalized spacial score (nSPS) is 12.7. The molecular weight excluding hydrogens is 234 g/mol. The lowest BCUT2D eigenvalue weighted by atomic mass is 10.2. The van der Waals surface area contributed by atoms with Crippen molar-refractivity contribution in [2.45, 2.75) is 12.5 Å². The average Bonchev–Trinajstić information content (AvgIpc) is 3.11. The van der Waals surface area contributed by atoms with Gasteiger partial charge in [-0.15, -0.1) is 0 Å².